The molecule has 6 heteroatoms. The Bertz CT molecular complexity index is 810. The van der Waals surface area contributed by atoms with Crippen LogP contribution in [-0.2, 0) is 9.59 Å². The van der Waals surface area contributed by atoms with Crippen molar-refractivity contribution in [1.29, 1.82) is 0 Å². The van der Waals surface area contributed by atoms with Gasteiger partial charge in [-0.25, -0.2) is 0 Å². The van der Waals surface area contributed by atoms with E-state index in [4.69, 9.17) is 14.6 Å². The molecule has 1 aliphatic heterocycles. The predicted molar refractivity (Wildman–Crippen MR) is 88.0 cm³/mol. The number of carboxylic acid groups (broad SMARTS) is 1. The van der Waals surface area contributed by atoms with Crippen molar-refractivity contribution in [1.82, 2.24) is 0 Å². The smallest absolute Gasteiger partial charge is 0.323 e. The van der Waals surface area contributed by atoms with Crippen LogP contribution in [0.4, 0.5) is 5.69 Å². The summed E-state index contributed by atoms with van der Waals surface area (Å²) in [4.78, 5) is 24.9. The maximum atomic E-state index is 12.6. The number of aliphatic carboxylic acids is 1. The SMILES string of the molecule is COc1ccc(C=C2Oc3ccccc3N(CC(=O)O)C2=O)cc1. The standard InChI is InChI=1S/C18H15NO5/c1-23-13-8-6-12(7-9-13)10-16-18(22)19(11-17(20)21)14-4-2-3-5-15(14)24-16/h2-10H,11H2,1H3,(H,20,21). The molecule has 0 fully saturated rings. The van der Waals surface area contributed by atoms with Crippen LogP contribution in [0.15, 0.2) is 54.3 Å². The molecule has 0 radical (unpaired) electrons. The van der Waals surface area contributed by atoms with E-state index in [0.29, 0.717) is 17.2 Å². The molecule has 3 rings (SSSR count). The third-order valence-electron chi connectivity index (χ3n) is 3.54. The highest BCUT2D eigenvalue weighted by atomic mass is 16.5. The zero-order valence-corrected chi connectivity index (χ0v) is 12.9. The van der Waals surface area contributed by atoms with Crippen LogP contribution in [0.1, 0.15) is 5.56 Å². The number of benzene rings is 2. The molecular weight excluding hydrogens is 310 g/mol. The number of ether oxygens (including phenoxy) is 2. The predicted octanol–water partition coefficient (Wildman–Crippen LogP) is 2.55. The second-order valence-corrected chi connectivity index (χ2v) is 5.14. The maximum Gasteiger partial charge on any atom is 0.323 e. The van der Waals surface area contributed by atoms with Gasteiger partial charge in [0.25, 0.3) is 5.91 Å². The number of anilines is 1. The Balaban J connectivity index is 1.98. The van der Waals surface area contributed by atoms with Gasteiger partial charge >= 0.3 is 5.97 Å². The Morgan fingerprint density at radius 1 is 1.21 bits per heavy atom. The highest BCUT2D eigenvalue weighted by molar-refractivity contribution is 6.11. The molecule has 0 aliphatic carbocycles. The van der Waals surface area contributed by atoms with Gasteiger partial charge in [0.15, 0.2) is 11.5 Å². The molecule has 0 unspecified atom stereocenters. The fourth-order valence-electron chi connectivity index (χ4n) is 2.41. The third-order valence-corrected chi connectivity index (χ3v) is 3.54. The largest absolute Gasteiger partial charge is 0.497 e. The lowest BCUT2D eigenvalue weighted by molar-refractivity contribution is -0.136. The third kappa shape index (κ3) is 3.08. The number of methoxy groups -OCH3 is 1. The van der Waals surface area contributed by atoms with Crippen LogP contribution in [0.2, 0.25) is 0 Å². The van der Waals surface area contributed by atoms with Gasteiger partial charge in [0.1, 0.15) is 12.3 Å². The van der Waals surface area contributed by atoms with Gasteiger partial charge < -0.3 is 14.6 Å². The minimum atomic E-state index is -1.09. The minimum absolute atomic E-state index is 0.0696. The van der Waals surface area contributed by atoms with Crippen LogP contribution in [-0.4, -0.2) is 30.6 Å². The molecule has 0 saturated carbocycles. The summed E-state index contributed by atoms with van der Waals surface area (Å²) in [5.41, 5.74) is 1.19. The average Bonchev–Trinajstić information content (AvgIpc) is 2.59. The molecule has 1 heterocycles. The van der Waals surface area contributed by atoms with Crippen molar-refractivity contribution >= 4 is 23.6 Å². The second kappa shape index (κ2) is 6.45. The molecular formula is C18H15NO5. The number of carboxylic acids is 1. The lowest BCUT2D eigenvalue weighted by Gasteiger charge is -2.29. The molecule has 122 valence electrons. The topological polar surface area (TPSA) is 76.1 Å². The molecule has 1 amide bonds. The van der Waals surface area contributed by atoms with Gasteiger partial charge in [-0.2, -0.15) is 0 Å². The average molecular weight is 325 g/mol. The summed E-state index contributed by atoms with van der Waals surface area (Å²) >= 11 is 0. The molecule has 6 nitrogen and oxygen atoms in total. The van der Waals surface area contributed by atoms with Crippen molar-refractivity contribution in [3.63, 3.8) is 0 Å². The van der Waals surface area contributed by atoms with E-state index < -0.39 is 18.4 Å². The molecule has 0 aromatic heterocycles. The summed E-state index contributed by atoms with van der Waals surface area (Å²) < 4.78 is 10.8. The quantitative estimate of drug-likeness (QED) is 0.874. The molecule has 1 aliphatic rings. The van der Waals surface area contributed by atoms with Crippen LogP contribution in [0.3, 0.4) is 0 Å². The van der Waals surface area contributed by atoms with Crippen molar-refractivity contribution < 1.29 is 24.2 Å². The number of nitrogens with zero attached hydrogens (tertiary/aromatic N) is 1. The Morgan fingerprint density at radius 3 is 2.58 bits per heavy atom. The number of carbonyl (C=O) groups excluding carboxylic acids is 1. The number of carbonyl (C=O) groups is 2. The van der Waals surface area contributed by atoms with Gasteiger partial charge in [-0.05, 0) is 35.9 Å². The lowest BCUT2D eigenvalue weighted by atomic mass is 10.1. The number of fused-ring (bicyclic) bond motifs is 1. The van der Waals surface area contributed by atoms with Gasteiger partial charge in [-0.3, -0.25) is 14.5 Å². The van der Waals surface area contributed by atoms with Crippen LogP contribution in [0.25, 0.3) is 6.08 Å². The van der Waals surface area contributed by atoms with Crippen LogP contribution < -0.4 is 14.4 Å². The monoisotopic (exact) mass is 325 g/mol. The lowest BCUT2D eigenvalue weighted by Crippen LogP contribution is -2.40. The number of hydrogen-bond donors (Lipinski definition) is 1. The minimum Gasteiger partial charge on any atom is -0.497 e. The first-order valence-corrected chi connectivity index (χ1v) is 7.25. The summed E-state index contributed by atoms with van der Waals surface area (Å²) in [5, 5.41) is 9.07. The number of para-hydroxylation sites is 2. The summed E-state index contributed by atoms with van der Waals surface area (Å²) in [7, 11) is 1.57. The van der Waals surface area contributed by atoms with E-state index in [2.05, 4.69) is 0 Å². The van der Waals surface area contributed by atoms with Gasteiger partial charge in [0, 0.05) is 0 Å². The molecule has 2 aromatic carbocycles. The van der Waals surface area contributed by atoms with Gasteiger partial charge in [0.2, 0.25) is 0 Å². The normalized spacial score (nSPS) is 15.0. The first kappa shape index (κ1) is 15.6. The summed E-state index contributed by atoms with van der Waals surface area (Å²) in [6, 6.07) is 13.9. The van der Waals surface area contributed by atoms with Gasteiger partial charge in [-0.15, -0.1) is 0 Å². The van der Waals surface area contributed by atoms with E-state index in [1.807, 2.05) is 0 Å². The van der Waals surface area contributed by atoms with E-state index in [1.54, 1.807) is 61.7 Å². The number of rotatable bonds is 4. The number of hydrogen-bond acceptors (Lipinski definition) is 4. The van der Waals surface area contributed by atoms with E-state index >= 15 is 0 Å². The van der Waals surface area contributed by atoms with Crippen LogP contribution in [0, 0.1) is 0 Å². The molecule has 2 aromatic rings. The van der Waals surface area contributed by atoms with Crippen LogP contribution in [0.5, 0.6) is 11.5 Å². The van der Waals surface area contributed by atoms with E-state index in [0.717, 1.165) is 5.56 Å². The van der Waals surface area contributed by atoms with Crippen molar-refractivity contribution in [3.05, 3.63) is 59.9 Å². The molecule has 0 spiro atoms. The summed E-state index contributed by atoms with van der Waals surface area (Å²) in [5.74, 6) is -0.375. The summed E-state index contributed by atoms with van der Waals surface area (Å²) in [6.45, 7) is -0.431. The molecule has 1 N–H and O–H groups in total. The van der Waals surface area contributed by atoms with Crippen LogP contribution >= 0.6 is 0 Å². The highest BCUT2D eigenvalue weighted by Crippen LogP contribution is 2.35. The fraction of sp³-hybridized carbons (Fsp3) is 0.111. The summed E-state index contributed by atoms with van der Waals surface area (Å²) in [6.07, 6.45) is 1.58. The number of amides is 1. The van der Waals surface area contributed by atoms with E-state index in [1.165, 1.54) is 4.90 Å². The van der Waals surface area contributed by atoms with Gasteiger partial charge in [0.05, 0.1) is 12.8 Å². The Hall–Kier alpha value is -3.28. The maximum absolute atomic E-state index is 12.6. The Morgan fingerprint density at radius 2 is 1.92 bits per heavy atom. The van der Waals surface area contributed by atoms with Gasteiger partial charge in [-0.1, -0.05) is 24.3 Å². The first-order chi connectivity index (χ1) is 11.6. The van der Waals surface area contributed by atoms with E-state index in [9.17, 15) is 9.59 Å². The van der Waals surface area contributed by atoms with Crippen molar-refractivity contribution in [2.45, 2.75) is 0 Å². The Kier molecular flexibility index (Phi) is 4.20. The van der Waals surface area contributed by atoms with E-state index in [-0.39, 0.29) is 5.76 Å². The zero-order valence-electron chi connectivity index (χ0n) is 12.9. The van der Waals surface area contributed by atoms with Crippen molar-refractivity contribution in [3.8, 4) is 11.5 Å². The zero-order chi connectivity index (χ0) is 17.1. The van der Waals surface area contributed by atoms with Crippen molar-refractivity contribution in [2.75, 3.05) is 18.6 Å². The molecule has 0 bridgehead atoms. The molecule has 0 atom stereocenters. The van der Waals surface area contributed by atoms with Crippen molar-refractivity contribution in [2.24, 2.45) is 0 Å². The molecule has 0 saturated heterocycles. The first-order valence-electron chi connectivity index (χ1n) is 7.25. The highest BCUT2D eigenvalue weighted by Gasteiger charge is 2.31. The Labute approximate surface area is 138 Å². The molecule has 24 heavy (non-hydrogen) atoms. The second-order valence-electron chi connectivity index (χ2n) is 5.14. The fourth-order valence-corrected chi connectivity index (χ4v) is 2.41.